The predicted octanol–water partition coefficient (Wildman–Crippen LogP) is 4.86. The molecule has 1 N–H and O–H groups in total. The number of aromatic hydroxyl groups is 1. The minimum Gasteiger partial charge on any atom is -0.507 e. The Balaban J connectivity index is 1.98. The number of ketones is 1. The number of nitrogens with zero attached hydrogens (tertiary/aromatic N) is 1. The Hall–Kier alpha value is -2.59. The average molecular weight is 365 g/mol. The fraction of sp³-hybridized carbons (Fsp3) is 0.348. The lowest BCUT2D eigenvalue weighted by atomic mass is 9.99. The number of hydrogen-bond acceptors (Lipinski definition) is 4. The zero-order valence-electron chi connectivity index (χ0n) is 16.5. The molecule has 0 bridgehead atoms. The van der Waals surface area contributed by atoms with Gasteiger partial charge in [0, 0.05) is 6.54 Å². The van der Waals surface area contributed by atoms with Gasteiger partial charge < -0.3 is 14.7 Å². The molecule has 2 aromatic carbocycles. The second-order valence-electron chi connectivity index (χ2n) is 7.28. The molecule has 1 aliphatic heterocycles. The molecule has 2 aromatic rings. The molecule has 0 aromatic heterocycles. The highest BCUT2D eigenvalue weighted by Crippen LogP contribution is 2.42. The van der Waals surface area contributed by atoms with Gasteiger partial charge >= 0.3 is 0 Å². The highest BCUT2D eigenvalue weighted by Gasteiger charge is 2.33. The van der Waals surface area contributed by atoms with E-state index in [1.807, 2.05) is 45.2 Å². The lowest BCUT2D eigenvalue weighted by Crippen LogP contribution is -2.19. The largest absolute Gasteiger partial charge is 0.507 e. The third-order valence-electron chi connectivity index (χ3n) is 5.02. The summed E-state index contributed by atoms with van der Waals surface area (Å²) in [5, 5.41) is 10.5. The molecule has 4 heteroatoms. The molecule has 3 rings (SSSR count). The summed E-state index contributed by atoms with van der Waals surface area (Å²) in [6.45, 7) is 7.46. The summed E-state index contributed by atoms with van der Waals surface area (Å²) < 4.78 is 6.00. The van der Waals surface area contributed by atoms with Gasteiger partial charge in [0.15, 0.2) is 5.76 Å². The van der Waals surface area contributed by atoms with Gasteiger partial charge in [-0.2, -0.15) is 0 Å². The van der Waals surface area contributed by atoms with E-state index in [-0.39, 0.29) is 11.5 Å². The minimum atomic E-state index is -0.122. The van der Waals surface area contributed by atoms with Crippen LogP contribution in [-0.4, -0.2) is 29.4 Å². The first kappa shape index (κ1) is 19.2. The van der Waals surface area contributed by atoms with Crippen molar-refractivity contribution in [1.82, 2.24) is 4.90 Å². The second-order valence-corrected chi connectivity index (χ2v) is 7.28. The minimum absolute atomic E-state index is 0.122. The summed E-state index contributed by atoms with van der Waals surface area (Å²) in [7, 11) is 2.02. The van der Waals surface area contributed by atoms with Crippen LogP contribution in [0.2, 0.25) is 0 Å². The number of rotatable bonds is 6. The number of phenolic OH excluding ortho intramolecular Hbond substituents is 1. The number of aryl methyl sites for hydroxylation is 2. The zero-order valence-corrected chi connectivity index (χ0v) is 16.5. The van der Waals surface area contributed by atoms with Crippen molar-refractivity contribution in [3.8, 4) is 11.5 Å². The lowest BCUT2D eigenvalue weighted by molar-refractivity contribution is 0.101. The average Bonchev–Trinajstić information content (AvgIpc) is 2.95. The van der Waals surface area contributed by atoms with E-state index in [2.05, 4.69) is 11.8 Å². The lowest BCUT2D eigenvalue weighted by Gasteiger charge is -2.19. The normalized spacial score (nSPS) is 14.7. The number of ether oxygens (including phenoxy) is 1. The molecule has 0 unspecified atom stereocenters. The predicted molar refractivity (Wildman–Crippen MR) is 108 cm³/mol. The van der Waals surface area contributed by atoms with Gasteiger partial charge in [0.2, 0.25) is 5.78 Å². The third-order valence-corrected chi connectivity index (χ3v) is 5.02. The summed E-state index contributed by atoms with van der Waals surface area (Å²) in [6, 6.07) is 9.54. The van der Waals surface area contributed by atoms with Crippen LogP contribution in [0, 0.1) is 13.8 Å². The summed E-state index contributed by atoms with van der Waals surface area (Å²) >= 11 is 0. The molecule has 142 valence electrons. The number of fused-ring (bicyclic) bond motifs is 1. The molecule has 0 atom stereocenters. The summed E-state index contributed by atoms with van der Waals surface area (Å²) in [5.74, 6) is 0.869. The van der Waals surface area contributed by atoms with Crippen LogP contribution in [0.15, 0.2) is 36.1 Å². The maximum atomic E-state index is 13.0. The molecular formula is C23H27NO3. The van der Waals surface area contributed by atoms with Crippen molar-refractivity contribution in [3.05, 3.63) is 63.9 Å². The molecule has 1 heterocycles. The van der Waals surface area contributed by atoms with Crippen molar-refractivity contribution >= 4 is 11.9 Å². The quantitative estimate of drug-likeness (QED) is 0.743. The van der Waals surface area contributed by atoms with Gasteiger partial charge in [-0.15, -0.1) is 0 Å². The van der Waals surface area contributed by atoms with Crippen LogP contribution < -0.4 is 4.74 Å². The van der Waals surface area contributed by atoms with E-state index in [4.69, 9.17) is 4.74 Å². The topological polar surface area (TPSA) is 49.8 Å². The van der Waals surface area contributed by atoms with Gasteiger partial charge in [0.1, 0.15) is 11.5 Å². The maximum absolute atomic E-state index is 13.0. The van der Waals surface area contributed by atoms with Gasteiger partial charge in [-0.3, -0.25) is 4.79 Å². The van der Waals surface area contributed by atoms with Gasteiger partial charge in [0.25, 0.3) is 0 Å². The summed E-state index contributed by atoms with van der Waals surface area (Å²) in [5.41, 5.74) is 4.01. The maximum Gasteiger partial charge on any atom is 0.232 e. The molecule has 0 fully saturated rings. The molecule has 0 spiro atoms. The summed E-state index contributed by atoms with van der Waals surface area (Å²) in [4.78, 5) is 15.1. The molecular weight excluding hydrogens is 338 g/mol. The van der Waals surface area contributed by atoms with E-state index in [0.717, 1.165) is 36.1 Å². The van der Waals surface area contributed by atoms with Crippen LogP contribution in [0.25, 0.3) is 6.08 Å². The molecule has 27 heavy (non-hydrogen) atoms. The van der Waals surface area contributed by atoms with Crippen molar-refractivity contribution < 1.29 is 14.6 Å². The number of carbonyl (C=O) groups is 1. The SMILES string of the molecule is CCCCN(C)Cc1c(O)cc(C)c2c1O/C(=C\c1ccccc1C)C2=O. The fourth-order valence-electron chi connectivity index (χ4n) is 3.40. The van der Waals surface area contributed by atoms with Crippen LogP contribution >= 0.6 is 0 Å². The van der Waals surface area contributed by atoms with Gasteiger partial charge in [-0.1, -0.05) is 37.6 Å². The van der Waals surface area contributed by atoms with E-state index in [0.29, 0.717) is 29.2 Å². The zero-order chi connectivity index (χ0) is 19.6. The second kappa shape index (κ2) is 7.97. The number of unbranched alkanes of at least 4 members (excludes halogenated alkanes) is 1. The smallest absolute Gasteiger partial charge is 0.232 e. The third kappa shape index (κ3) is 3.91. The molecule has 1 aliphatic rings. The van der Waals surface area contributed by atoms with Crippen LogP contribution in [0.4, 0.5) is 0 Å². The Morgan fingerprint density at radius 1 is 1.19 bits per heavy atom. The van der Waals surface area contributed by atoms with Crippen molar-refractivity contribution in [1.29, 1.82) is 0 Å². The Labute approximate surface area is 161 Å². The van der Waals surface area contributed by atoms with E-state index in [1.54, 1.807) is 12.1 Å². The van der Waals surface area contributed by atoms with Gasteiger partial charge in [0.05, 0.1) is 11.1 Å². The molecule has 4 nitrogen and oxygen atoms in total. The standard InChI is InChI=1S/C23H27NO3/c1-5-6-11-24(4)14-18-19(25)12-16(3)21-22(26)20(27-23(18)21)13-17-10-8-7-9-15(17)2/h7-10,12-13,25H,5-6,11,14H2,1-4H3/b20-13-. The number of Topliss-reactive ketones (excluding diaryl/α,β-unsaturated/α-hetero) is 1. The first-order valence-corrected chi connectivity index (χ1v) is 9.46. The van der Waals surface area contributed by atoms with Crippen LogP contribution in [0.3, 0.4) is 0 Å². The number of allylic oxidation sites excluding steroid dienone is 1. The molecule has 0 aliphatic carbocycles. The fourth-order valence-corrected chi connectivity index (χ4v) is 3.40. The van der Waals surface area contributed by atoms with Gasteiger partial charge in [-0.25, -0.2) is 0 Å². The molecule has 0 radical (unpaired) electrons. The Morgan fingerprint density at radius 2 is 1.93 bits per heavy atom. The van der Waals surface area contributed by atoms with E-state index in [9.17, 15) is 9.90 Å². The van der Waals surface area contributed by atoms with E-state index >= 15 is 0 Å². The highest BCUT2D eigenvalue weighted by molar-refractivity contribution is 6.15. The number of phenols is 1. The van der Waals surface area contributed by atoms with Crippen molar-refractivity contribution in [2.45, 2.75) is 40.2 Å². The first-order chi connectivity index (χ1) is 12.9. The number of hydrogen-bond donors (Lipinski definition) is 1. The number of carbonyl (C=O) groups excluding carboxylic acids is 1. The van der Waals surface area contributed by atoms with Crippen LogP contribution in [0.1, 0.15) is 52.4 Å². The van der Waals surface area contributed by atoms with Gasteiger partial charge in [-0.05, 0) is 62.7 Å². The highest BCUT2D eigenvalue weighted by atomic mass is 16.5. The van der Waals surface area contributed by atoms with Crippen molar-refractivity contribution in [2.24, 2.45) is 0 Å². The van der Waals surface area contributed by atoms with Crippen LogP contribution in [-0.2, 0) is 6.54 Å². The molecule has 0 saturated carbocycles. The van der Waals surface area contributed by atoms with Crippen molar-refractivity contribution in [2.75, 3.05) is 13.6 Å². The first-order valence-electron chi connectivity index (χ1n) is 9.46. The Kier molecular flexibility index (Phi) is 5.66. The monoisotopic (exact) mass is 365 g/mol. The Bertz CT molecular complexity index is 899. The van der Waals surface area contributed by atoms with E-state index < -0.39 is 0 Å². The van der Waals surface area contributed by atoms with Crippen molar-refractivity contribution in [3.63, 3.8) is 0 Å². The van der Waals surface area contributed by atoms with Crippen LogP contribution in [0.5, 0.6) is 11.5 Å². The number of benzene rings is 2. The van der Waals surface area contributed by atoms with E-state index in [1.165, 1.54) is 0 Å². The Morgan fingerprint density at radius 3 is 2.63 bits per heavy atom. The molecule has 0 saturated heterocycles. The summed E-state index contributed by atoms with van der Waals surface area (Å²) in [6.07, 6.45) is 3.99. The molecule has 0 amide bonds.